The van der Waals surface area contributed by atoms with Gasteiger partial charge in [0.15, 0.2) is 0 Å². The van der Waals surface area contributed by atoms with Crippen LogP contribution in [0.4, 0.5) is 4.39 Å². The molecule has 0 radical (unpaired) electrons. The zero-order valence-corrected chi connectivity index (χ0v) is 9.24. The summed E-state index contributed by atoms with van der Waals surface area (Å²) in [5, 5.41) is 8.87. The van der Waals surface area contributed by atoms with Crippen molar-refractivity contribution in [3.8, 4) is 0 Å². The Balaban J connectivity index is 2.24. The average molecular weight is 222 g/mol. The SMILES string of the molecule is Cc1cc([C@@H](CC(=O)O)C2CC2)ccc1F. The Labute approximate surface area is 94.1 Å². The van der Waals surface area contributed by atoms with Gasteiger partial charge in [-0.15, -0.1) is 0 Å². The maximum atomic E-state index is 13.1. The number of halogens is 1. The van der Waals surface area contributed by atoms with E-state index in [1.165, 1.54) is 6.07 Å². The largest absolute Gasteiger partial charge is 0.481 e. The Kier molecular flexibility index (Phi) is 2.95. The first kappa shape index (κ1) is 11.1. The molecule has 0 aliphatic heterocycles. The Morgan fingerprint density at radius 2 is 2.25 bits per heavy atom. The van der Waals surface area contributed by atoms with Crippen molar-refractivity contribution in [3.63, 3.8) is 0 Å². The summed E-state index contributed by atoms with van der Waals surface area (Å²) >= 11 is 0. The quantitative estimate of drug-likeness (QED) is 0.849. The summed E-state index contributed by atoms with van der Waals surface area (Å²) in [7, 11) is 0. The van der Waals surface area contributed by atoms with Crippen LogP contribution in [0.2, 0.25) is 0 Å². The fourth-order valence-corrected chi connectivity index (χ4v) is 2.14. The number of carboxylic acids is 1. The first-order valence-electron chi connectivity index (χ1n) is 5.56. The number of rotatable bonds is 4. The fraction of sp³-hybridized carbons (Fsp3) is 0.462. The summed E-state index contributed by atoms with van der Waals surface area (Å²) < 4.78 is 13.1. The lowest BCUT2D eigenvalue weighted by atomic mass is 9.90. The highest BCUT2D eigenvalue weighted by Crippen LogP contribution is 2.44. The van der Waals surface area contributed by atoms with Crippen molar-refractivity contribution >= 4 is 5.97 Å². The van der Waals surface area contributed by atoms with Crippen molar-refractivity contribution in [1.29, 1.82) is 0 Å². The van der Waals surface area contributed by atoms with Gasteiger partial charge in [0.25, 0.3) is 0 Å². The van der Waals surface area contributed by atoms with E-state index in [2.05, 4.69) is 0 Å². The smallest absolute Gasteiger partial charge is 0.303 e. The second-order valence-corrected chi connectivity index (χ2v) is 4.55. The van der Waals surface area contributed by atoms with Crippen molar-refractivity contribution in [2.24, 2.45) is 5.92 Å². The van der Waals surface area contributed by atoms with E-state index < -0.39 is 5.97 Å². The molecule has 0 spiro atoms. The zero-order valence-electron chi connectivity index (χ0n) is 9.24. The molecule has 2 rings (SSSR count). The van der Waals surface area contributed by atoms with Crippen LogP contribution in [0.3, 0.4) is 0 Å². The van der Waals surface area contributed by atoms with E-state index in [0.717, 1.165) is 18.4 Å². The predicted octanol–water partition coefficient (Wildman–Crippen LogP) is 3.10. The number of aryl methyl sites for hydroxylation is 1. The van der Waals surface area contributed by atoms with Crippen LogP contribution in [-0.4, -0.2) is 11.1 Å². The Morgan fingerprint density at radius 1 is 1.56 bits per heavy atom. The van der Waals surface area contributed by atoms with E-state index in [9.17, 15) is 9.18 Å². The minimum Gasteiger partial charge on any atom is -0.481 e. The monoisotopic (exact) mass is 222 g/mol. The highest BCUT2D eigenvalue weighted by molar-refractivity contribution is 5.68. The minimum absolute atomic E-state index is 0.0526. The third-order valence-corrected chi connectivity index (χ3v) is 3.20. The molecule has 1 aliphatic carbocycles. The molecule has 0 aromatic heterocycles. The number of aliphatic carboxylic acids is 1. The highest BCUT2D eigenvalue weighted by atomic mass is 19.1. The molecule has 3 heteroatoms. The van der Waals surface area contributed by atoms with Gasteiger partial charge in [-0.25, -0.2) is 4.39 Å². The van der Waals surface area contributed by atoms with Crippen LogP contribution in [-0.2, 0) is 4.79 Å². The summed E-state index contributed by atoms with van der Waals surface area (Å²) in [6.45, 7) is 1.71. The molecule has 1 atom stereocenters. The molecule has 86 valence electrons. The Bertz CT molecular complexity index is 410. The van der Waals surface area contributed by atoms with Gasteiger partial charge in [0.1, 0.15) is 5.82 Å². The van der Waals surface area contributed by atoms with Gasteiger partial charge in [-0.2, -0.15) is 0 Å². The fourth-order valence-electron chi connectivity index (χ4n) is 2.14. The summed E-state index contributed by atoms with van der Waals surface area (Å²) in [5.74, 6) is -0.481. The van der Waals surface area contributed by atoms with Crippen LogP contribution in [0.25, 0.3) is 0 Å². The van der Waals surface area contributed by atoms with Crippen LogP contribution in [0, 0.1) is 18.7 Å². The predicted molar refractivity (Wildman–Crippen MR) is 58.9 cm³/mol. The van der Waals surface area contributed by atoms with Gasteiger partial charge in [-0.05, 0) is 48.8 Å². The lowest BCUT2D eigenvalue weighted by molar-refractivity contribution is -0.137. The van der Waals surface area contributed by atoms with Crippen molar-refractivity contribution in [3.05, 3.63) is 35.1 Å². The van der Waals surface area contributed by atoms with Gasteiger partial charge in [0.2, 0.25) is 0 Å². The van der Waals surface area contributed by atoms with E-state index in [-0.39, 0.29) is 18.2 Å². The minimum atomic E-state index is -0.779. The van der Waals surface area contributed by atoms with Gasteiger partial charge < -0.3 is 5.11 Å². The summed E-state index contributed by atoms with van der Waals surface area (Å²) in [5.41, 5.74) is 1.55. The molecule has 0 saturated heterocycles. The molecule has 1 aromatic carbocycles. The third-order valence-electron chi connectivity index (χ3n) is 3.20. The molecule has 1 saturated carbocycles. The van der Waals surface area contributed by atoms with Crippen molar-refractivity contribution in [2.75, 3.05) is 0 Å². The first-order chi connectivity index (χ1) is 7.58. The normalized spacial score (nSPS) is 17.1. The second kappa shape index (κ2) is 4.24. The topological polar surface area (TPSA) is 37.3 Å². The van der Waals surface area contributed by atoms with Gasteiger partial charge in [0.05, 0.1) is 6.42 Å². The molecule has 0 heterocycles. The number of hydrogen-bond acceptors (Lipinski definition) is 1. The molecule has 1 aliphatic rings. The molecule has 1 N–H and O–H groups in total. The van der Waals surface area contributed by atoms with E-state index in [0.29, 0.717) is 11.5 Å². The Hall–Kier alpha value is -1.38. The first-order valence-corrected chi connectivity index (χ1v) is 5.56. The average Bonchev–Trinajstić information content (AvgIpc) is 3.02. The van der Waals surface area contributed by atoms with Crippen LogP contribution in [0.15, 0.2) is 18.2 Å². The van der Waals surface area contributed by atoms with Gasteiger partial charge in [0, 0.05) is 0 Å². The lowest BCUT2D eigenvalue weighted by Gasteiger charge is -2.15. The maximum absolute atomic E-state index is 13.1. The van der Waals surface area contributed by atoms with Crippen molar-refractivity contribution in [2.45, 2.75) is 32.1 Å². The summed E-state index contributed by atoms with van der Waals surface area (Å²) in [6.07, 6.45) is 2.33. The molecule has 1 aromatic rings. The van der Waals surface area contributed by atoms with E-state index in [1.807, 2.05) is 0 Å². The van der Waals surface area contributed by atoms with Gasteiger partial charge >= 0.3 is 5.97 Å². The van der Waals surface area contributed by atoms with Crippen LogP contribution >= 0.6 is 0 Å². The molecular weight excluding hydrogens is 207 g/mol. The highest BCUT2D eigenvalue weighted by Gasteiger charge is 2.33. The van der Waals surface area contributed by atoms with Crippen LogP contribution < -0.4 is 0 Å². The summed E-state index contributed by atoms with van der Waals surface area (Å²) in [6, 6.07) is 4.93. The van der Waals surface area contributed by atoms with Crippen molar-refractivity contribution in [1.82, 2.24) is 0 Å². The Morgan fingerprint density at radius 3 is 2.75 bits per heavy atom. The molecule has 2 nitrogen and oxygen atoms in total. The van der Waals surface area contributed by atoms with E-state index in [4.69, 9.17) is 5.11 Å². The summed E-state index contributed by atoms with van der Waals surface area (Å²) in [4.78, 5) is 10.8. The standard InChI is InChI=1S/C13H15FO2/c1-8-6-10(4-5-12(8)14)11(7-13(15)16)9-2-3-9/h4-6,9,11H,2-3,7H2,1H3,(H,15,16)/t11-/m0/s1. The number of benzene rings is 1. The van der Waals surface area contributed by atoms with Gasteiger partial charge in [-0.3, -0.25) is 4.79 Å². The van der Waals surface area contributed by atoms with Gasteiger partial charge in [-0.1, -0.05) is 12.1 Å². The number of carbonyl (C=O) groups is 1. The van der Waals surface area contributed by atoms with Crippen LogP contribution in [0.5, 0.6) is 0 Å². The molecule has 1 fully saturated rings. The lowest BCUT2D eigenvalue weighted by Crippen LogP contribution is -2.08. The van der Waals surface area contributed by atoms with E-state index in [1.54, 1.807) is 19.1 Å². The molecule has 16 heavy (non-hydrogen) atoms. The van der Waals surface area contributed by atoms with Crippen LogP contribution in [0.1, 0.15) is 36.3 Å². The molecule has 0 amide bonds. The third kappa shape index (κ3) is 2.40. The maximum Gasteiger partial charge on any atom is 0.303 e. The molecule has 0 bridgehead atoms. The van der Waals surface area contributed by atoms with E-state index >= 15 is 0 Å². The van der Waals surface area contributed by atoms with Crippen molar-refractivity contribution < 1.29 is 14.3 Å². The molecular formula is C13H15FO2. The molecule has 0 unspecified atom stereocenters. The number of hydrogen-bond donors (Lipinski definition) is 1. The number of carboxylic acid groups (broad SMARTS) is 1. The second-order valence-electron chi connectivity index (χ2n) is 4.55. The zero-order chi connectivity index (χ0) is 11.7.